The predicted octanol–water partition coefficient (Wildman–Crippen LogP) is 3.65. The van der Waals surface area contributed by atoms with Crippen LogP contribution in [0.5, 0.6) is 5.75 Å². The lowest BCUT2D eigenvalue weighted by molar-refractivity contribution is -0.384. The molecule has 0 fully saturated rings. The summed E-state index contributed by atoms with van der Waals surface area (Å²) >= 11 is 0. The highest BCUT2D eigenvalue weighted by Crippen LogP contribution is 2.19. The largest absolute Gasteiger partial charge is 0.489 e. The molecule has 146 valence electrons. The van der Waals surface area contributed by atoms with E-state index in [1.165, 1.54) is 24.3 Å². The molecule has 8 nitrogen and oxygen atoms in total. The first-order chi connectivity index (χ1) is 14.0. The zero-order valence-electron chi connectivity index (χ0n) is 15.2. The maximum Gasteiger partial charge on any atom is 0.365 e. The van der Waals surface area contributed by atoms with Crippen molar-refractivity contribution in [3.8, 4) is 5.75 Å². The number of rotatable bonds is 7. The molecule has 0 unspecified atom stereocenters. The maximum atomic E-state index is 12.2. The zero-order chi connectivity index (χ0) is 20.6. The highest BCUT2D eigenvalue weighted by molar-refractivity contribution is 5.98. The molecule has 0 atom stereocenters. The Morgan fingerprint density at radius 1 is 0.966 bits per heavy atom. The molecule has 3 rings (SSSR count). The molecule has 0 spiro atoms. The van der Waals surface area contributed by atoms with Crippen molar-refractivity contribution < 1.29 is 19.3 Å². The van der Waals surface area contributed by atoms with Gasteiger partial charge in [-0.1, -0.05) is 47.6 Å². The number of hydrogen-bond donors (Lipinski definition) is 1. The van der Waals surface area contributed by atoms with Gasteiger partial charge in [0.1, 0.15) is 12.4 Å². The number of nitrogens with two attached hydrogens (primary N) is 1. The molecule has 0 heterocycles. The standard InChI is InChI=1S/C21H17N3O5/c22-20(16-6-2-1-3-7-16)23-29-21(25)17-8-4-5-15(13-17)14-28-19-11-9-18(10-12-19)24(26)27/h1-13H,14H2,(H2,22,23). The second-order valence-electron chi connectivity index (χ2n) is 5.96. The third-order valence-corrected chi connectivity index (χ3v) is 3.91. The quantitative estimate of drug-likeness (QED) is 0.216. The Morgan fingerprint density at radius 2 is 1.66 bits per heavy atom. The van der Waals surface area contributed by atoms with Crippen molar-refractivity contribution in [1.29, 1.82) is 0 Å². The van der Waals surface area contributed by atoms with Crippen LogP contribution in [-0.2, 0) is 11.4 Å². The molecule has 0 radical (unpaired) electrons. The summed E-state index contributed by atoms with van der Waals surface area (Å²) < 4.78 is 5.60. The van der Waals surface area contributed by atoms with Crippen LogP contribution in [0.3, 0.4) is 0 Å². The molecule has 0 bridgehead atoms. The zero-order valence-corrected chi connectivity index (χ0v) is 15.2. The average Bonchev–Trinajstić information content (AvgIpc) is 2.77. The molecule has 0 amide bonds. The van der Waals surface area contributed by atoms with Crippen molar-refractivity contribution in [3.63, 3.8) is 0 Å². The van der Waals surface area contributed by atoms with Gasteiger partial charge in [0.15, 0.2) is 5.84 Å². The predicted molar refractivity (Wildman–Crippen MR) is 106 cm³/mol. The van der Waals surface area contributed by atoms with Gasteiger partial charge in [-0.25, -0.2) is 4.79 Å². The lowest BCUT2D eigenvalue weighted by atomic mass is 10.1. The second-order valence-corrected chi connectivity index (χ2v) is 5.96. The van der Waals surface area contributed by atoms with E-state index in [-0.39, 0.29) is 18.1 Å². The van der Waals surface area contributed by atoms with E-state index in [4.69, 9.17) is 15.3 Å². The van der Waals surface area contributed by atoms with E-state index >= 15 is 0 Å². The summed E-state index contributed by atoms with van der Waals surface area (Å²) in [6, 6.07) is 21.4. The average molecular weight is 391 g/mol. The Hall–Kier alpha value is -4.20. The molecular formula is C21H17N3O5. The highest BCUT2D eigenvalue weighted by atomic mass is 16.7. The summed E-state index contributed by atoms with van der Waals surface area (Å²) in [6.45, 7) is 0.175. The number of oxime groups is 1. The van der Waals surface area contributed by atoms with E-state index in [1.54, 1.807) is 48.5 Å². The van der Waals surface area contributed by atoms with Gasteiger partial charge in [-0.2, -0.15) is 0 Å². The highest BCUT2D eigenvalue weighted by Gasteiger charge is 2.10. The third kappa shape index (κ3) is 5.39. The van der Waals surface area contributed by atoms with Crippen molar-refractivity contribution in [2.45, 2.75) is 6.61 Å². The molecule has 0 aliphatic carbocycles. The summed E-state index contributed by atoms with van der Waals surface area (Å²) in [5.74, 6) is -0.0820. The number of non-ortho nitro benzene ring substituents is 1. The van der Waals surface area contributed by atoms with Crippen LogP contribution in [0.4, 0.5) is 5.69 Å². The minimum Gasteiger partial charge on any atom is -0.489 e. The van der Waals surface area contributed by atoms with E-state index in [0.717, 1.165) is 5.56 Å². The summed E-state index contributed by atoms with van der Waals surface area (Å²) in [5.41, 5.74) is 7.44. The second kappa shape index (κ2) is 9.14. The smallest absolute Gasteiger partial charge is 0.365 e. The molecule has 29 heavy (non-hydrogen) atoms. The van der Waals surface area contributed by atoms with E-state index < -0.39 is 10.9 Å². The molecule has 2 N–H and O–H groups in total. The van der Waals surface area contributed by atoms with Crippen LogP contribution in [0.15, 0.2) is 84.0 Å². The molecule has 3 aromatic rings. The number of carbonyl (C=O) groups excluding carboxylic acids is 1. The van der Waals surface area contributed by atoms with Gasteiger partial charge in [-0.3, -0.25) is 10.1 Å². The molecule has 8 heteroatoms. The first kappa shape index (κ1) is 19.6. The van der Waals surface area contributed by atoms with Crippen molar-refractivity contribution in [3.05, 3.63) is 106 Å². The van der Waals surface area contributed by atoms with Crippen LogP contribution in [0.25, 0.3) is 0 Å². The van der Waals surface area contributed by atoms with Crippen molar-refractivity contribution in [2.75, 3.05) is 0 Å². The summed E-state index contributed by atoms with van der Waals surface area (Å²) in [6.07, 6.45) is 0. The number of ether oxygens (including phenoxy) is 1. The number of nitrogens with zero attached hydrogens (tertiary/aromatic N) is 2. The Labute approximate surface area is 166 Å². The fourth-order valence-corrected chi connectivity index (χ4v) is 2.42. The fraction of sp³-hybridized carbons (Fsp3) is 0.0476. The minimum absolute atomic E-state index is 0.0163. The van der Waals surface area contributed by atoms with Gasteiger partial charge in [0.25, 0.3) is 5.69 Å². The molecule has 0 aromatic heterocycles. The van der Waals surface area contributed by atoms with Gasteiger partial charge in [0.2, 0.25) is 0 Å². The van der Waals surface area contributed by atoms with E-state index in [1.807, 2.05) is 6.07 Å². The fourth-order valence-electron chi connectivity index (χ4n) is 2.42. The molecule has 0 aliphatic rings. The first-order valence-corrected chi connectivity index (χ1v) is 8.59. The molecule has 0 aliphatic heterocycles. The monoisotopic (exact) mass is 391 g/mol. The van der Waals surface area contributed by atoms with Crippen LogP contribution >= 0.6 is 0 Å². The van der Waals surface area contributed by atoms with Crippen molar-refractivity contribution in [2.24, 2.45) is 10.9 Å². The number of hydrogen-bond acceptors (Lipinski definition) is 6. The normalized spacial score (nSPS) is 11.0. The van der Waals surface area contributed by atoms with Gasteiger partial charge in [0.05, 0.1) is 10.5 Å². The first-order valence-electron chi connectivity index (χ1n) is 8.59. The van der Waals surface area contributed by atoms with Crippen LogP contribution in [0.1, 0.15) is 21.5 Å². The number of carbonyl (C=O) groups is 1. The van der Waals surface area contributed by atoms with Gasteiger partial charge in [-0.15, -0.1) is 0 Å². The third-order valence-electron chi connectivity index (χ3n) is 3.91. The Morgan fingerprint density at radius 3 is 2.34 bits per heavy atom. The molecule has 0 saturated carbocycles. The number of nitro benzene ring substituents is 1. The van der Waals surface area contributed by atoms with Crippen molar-refractivity contribution in [1.82, 2.24) is 0 Å². The summed E-state index contributed by atoms with van der Waals surface area (Å²) in [4.78, 5) is 27.3. The number of amidine groups is 1. The maximum absolute atomic E-state index is 12.2. The van der Waals surface area contributed by atoms with Gasteiger partial charge >= 0.3 is 5.97 Å². The SMILES string of the molecule is N/C(=N\OC(=O)c1cccc(COc2ccc([N+](=O)[O-])cc2)c1)c1ccccc1. The minimum atomic E-state index is -0.652. The van der Waals surface area contributed by atoms with Crippen LogP contribution in [0.2, 0.25) is 0 Å². The van der Waals surface area contributed by atoms with Crippen LogP contribution < -0.4 is 10.5 Å². The summed E-state index contributed by atoms with van der Waals surface area (Å²) in [7, 11) is 0. The van der Waals surface area contributed by atoms with Gasteiger partial charge in [0, 0.05) is 17.7 Å². The van der Waals surface area contributed by atoms with Crippen LogP contribution in [-0.4, -0.2) is 16.7 Å². The van der Waals surface area contributed by atoms with E-state index in [0.29, 0.717) is 16.9 Å². The number of benzene rings is 3. The van der Waals surface area contributed by atoms with Crippen LogP contribution in [0, 0.1) is 10.1 Å². The van der Waals surface area contributed by atoms with Crippen molar-refractivity contribution >= 4 is 17.5 Å². The summed E-state index contributed by atoms with van der Waals surface area (Å²) in [5, 5.41) is 14.3. The molecule has 0 saturated heterocycles. The van der Waals surface area contributed by atoms with E-state index in [2.05, 4.69) is 5.16 Å². The Balaban J connectivity index is 1.61. The van der Waals surface area contributed by atoms with E-state index in [9.17, 15) is 14.9 Å². The Bertz CT molecular complexity index is 1030. The topological polar surface area (TPSA) is 117 Å². The van der Waals surface area contributed by atoms with Gasteiger partial charge < -0.3 is 15.3 Å². The lowest BCUT2D eigenvalue weighted by Crippen LogP contribution is -2.15. The molecule has 3 aromatic carbocycles. The molecular weight excluding hydrogens is 374 g/mol. The number of nitro groups is 1. The lowest BCUT2D eigenvalue weighted by Gasteiger charge is -2.07. The van der Waals surface area contributed by atoms with Gasteiger partial charge in [-0.05, 0) is 29.8 Å². The Kier molecular flexibility index (Phi) is 6.16.